The third-order valence-corrected chi connectivity index (χ3v) is 4.82. The first-order chi connectivity index (χ1) is 13.2. The zero-order valence-corrected chi connectivity index (χ0v) is 16.1. The van der Waals surface area contributed by atoms with E-state index in [1.807, 2.05) is 30.3 Å². The van der Waals surface area contributed by atoms with E-state index < -0.39 is 0 Å². The molecule has 7 heteroatoms. The molecule has 3 rings (SSSR count). The fourth-order valence-electron chi connectivity index (χ4n) is 2.45. The Labute approximate surface area is 162 Å². The van der Waals surface area contributed by atoms with Crippen LogP contribution >= 0.6 is 11.8 Å². The number of methoxy groups -OCH3 is 1. The van der Waals surface area contributed by atoms with Crippen LogP contribution in [-0.2, 0) is 17.0 Å². The molecule has 27 heavy (non-hydrogen) atoms. The molecule has 3 aromatic rings. The van der Waals surface area contributed by atoms with Crippen LogP contribution in [0.4, 0.5) is 5.69 Å². The number of thioether (sulfide) groups is 1. The summed E-state index contributed by atoms with van der Waals surface area (Å²) < 4.78 is 10.4. The number of nitrogens with one attached hydrogen (secondary N) is 1. The Kier molecular flexibility index (Phi) is 6.49. The highest BCUT2D eigenvalue weighted by Crippen LogP contribution is 2.20. The second kappa shape index (κ2) is 9.23. The summed E-state index contributed by atoms with van der Waals surface area (Å²) in [6.45, 7) is 2.11. The van der Waals surface area contributed by atoms with E-state index in [2.05, 4.69) is 34.5 Å². The smallest absolute Gasteiger partial charge is 0.236 e. The van der Waals surface area contributed by atoms with Crippen molar-refractivity contribution in [2.24, 2.45) is 0 Å². The Hall–Kier alpha value is -2.80. The predicted molar refractivity (Wildman–Crippen MR) is 107 cm³/mol. The zero-order valence-electron chi connectivity index (χ0n) is 15.3. The van der Waals surface area contributed by atoms with Gasteiger partial charge in [-0.05, 0) is 24.1 Å². The molecule has 0 atom stereocenters. The largest absolute Gasteiger partial charge is 0.497 e. The number of aromatic nitrogens is 2. The molecule has 0 radical (unpaired) electrons. The third-order valence-electron chi connectivity index (χ3n) is 3.90. The molecule has 1 aromatic heterocycles. The quantitative estimate of drug-likeness (QED) is 0.629. The maximum Gasteiger partial charge on any atom is 0.236 e. The summed E-state index contributed by atoms with van der Waals surface area (Å²) in [4.78, 5) is 16.4. The first kappa shape index (κ1) is 19.0. The Bertz CT molecular complexity index is 893. The lowest BCUT2D eigenvalue weighted by atomic mass is 10.1. The van der Waals surface area contributed by atoms with Gasteiger partial charge in [-0.1, -0.05) is 42.4 Å². The SMILES string of the molecule is CCc1ccc(-c2noc(CSCC(=O)Nc3cccc(OC)c3)n2)cc1. The molecule has 0 saturated carbocycles. The molecule has 6 nitrogen and oxygen atoms in total. The monoisotopic (exact) mass is 383 g/mol. The third kappa shape index (κ3) is 5.34. The van der Waals surface area contributed by atoms with Gasteiger partial charge in [-0.2, -0.15) is 4.98 Å². The number of hydrogen-bond acceptors (Lipinski definition) is 6. The molecule has 0 aliphatic rings. The topological polar surface area (TPSA) is 77.2 Å². The van der Waals surface area contributed by atoms with Gasteiger partial charge in [-0.25, -0.2) is 0 Å². The highest BCUT2D eigenvalue weighted by Gasteiger charge is 2.10. The van der Waals surface area contributed by atoms with E-state index in [1.54, 1.807) is 13.2 Å². The molecule has 0 spiro atoms. The van der Waals surface area contributed by atoms with Gasteiger partial charge in [0, 0.05) is 17.3 Å². The molecule has 1 N–H and O–H groups in total. The van der Waals surface area contributed by atoms with Crippen LogP contribution in [0.2, 0.25) is 0 Å². The van der Waals surface area contributed by atoms with Gasteiger partial charge in [0.25, 0.3) is 0 Å². The standard InChI is InChI=1S/C20H21N3O3S/c1-3-14-7-9-15(10-8-14)20-22-19(26-23-20)13-27-12-18(24)21-16-5-4-6-17(11-16)25-2/h4-11H,3,12-13H2,1-2H3,(H,21,24). The van der Waals surface area contributed by atoms with Gasteiger partial charge in [0.2, 0.25) is 17.6 Å². The van der Waals surface area contributed by atoms with Crippen LogP contribution in [-0.4, -0.2) is 28.9 Å². The van der Waals surface area contributed by atoms with E-state index >= 15 is 0 Å². The molecule has 0 saturated heterocycles. The summed E-state index contributed by atoms with van der Waals surface area (Å²) in [5.74, 6) is 2.44. The molecule has 0 fully saturated rings. The number of nitrogens with zero attached hydrogens (tertiary/aromatic N) is 2. The number of rotatable bonds is 8. The summed E-state index contributed by atoms with van der Waals surface area (Å²) in [6, 6.07) is 15.3. The van der Waals surface area contributed by atoms with Gasteiger partial charge in [0.1, 0.15) is 5.75 Å². The van der Waals surface area contributed by atoms with E-state index in [9.17, 15) is 4.79 Å². The lowest BCUT2D eigenvalue weighted by molar-refractivity contribution is -0.113. The first-order valence-corrected chi connectivity index (χ1v) is 9.77. The number of hydrogen-bond donors (Lipinski definition) is 1. The van der Waals surface area contributed by atoms with Crippen molar-refractivity contribution in [1.29, 1.82) is 0 Å². The van der Waals surface area contributed by atoms with E-state index in [4.69, 9.17) is 9.26 Å². The Balaban J connectivity index is 1.48. The fraction of sp³-hybridized carbons (Fsp3) is 0.250. The number of ether oxygens (including phenoxy) is 1. The normalized spacial score (nSPS) is 10.6. The van der Waals surface area contributed by atoms with Crippen LogP contribution in [0.3, 0.4) is 0 Å². The predicted octanol–water partition coefficient (Wildman–Crippen LogP) is 4.18. The first-order valence-electron chi connectivity index (χ1n) is 8.61. The van der Waals surface area contributed by atoms with Gasteiger partial charge in [0.15, 0.2) is 0 Å². The van der Waals surface area contributed by atoms with Crippen molar-refractivity contribution < 1.29 is 14.1 Å². The summed E-state index contributed by atoms with van der Waals surface area (Å²) >= 11 is 1.42. The minimum atomic E-state index is -0.0943. The van der Waals surface area contributed by atoms with Crippen LogP contribution in [0.5, 0.6) is 5.75 Å². The summed E-state index contributed by atoms with van der Waals surface area (Å²) in [5.41, 5.74) is 2.89. The van der Waals surface area contributed by atoms with Gasteiger partial charge >= 0.3 is 0 Å². The number of amides is 1. The fourth-order valence-corrected chi connectivity index (χ4v) is 3.10. The lowest BCUT2D eigenvalue weighted by Gasteiger charge is -2.06. The minimum absolute atomic E-state index is 0.0943. The number of benzene rings is 2. The van der Waals surface area contributed by atoms with Crippen LogP contribution in [0.25, 0.3) is 11.4 Å². The maximum absolute atomic E-state index is 12.0. The van der Waals surface area contributed by atoms with E-state index in [0.29, 0.717) is 34.7 Å². The highest BCUT2D eigenvalue weighted by atomic mass is 32.2. The molecule has 2 aromatic carbocycles. The van der Waals surface area contributed by atoms with Crippen molar-refractivity contribution in [2.45, 2.75) is 19.1 Å². The molecular formula is C20H21N3O3S. The molecule has 1 heterocycles. The number of carbonyl (C=O) groups is 1. The van der Waals surface area contributed by atoms with Crippen molar-refractivity contribution in [3.63, 3.8) is 0 Å². The van der Waals surface area contributed by atoms with E-state index in [-0.39, 0.29) is 5.91 Å². The van der Waals surface area contributed by atoms with Crippen molar-refractivity contribution in [1.82, 2.24) is 10.1 Å². The average Bonchev–Trinajstić information content (AvgIpc) is 3.17. The molecule has 0 bridgehead atoms. The minimum Gasteiger partial charge on any atom is -0.497 e. The van der Waals surface area contributed by atoms with Crippen molar-refractivity contribution in [3.8, 4) is 17.1 Å². The Morgan fingerprint density at radius 3 is 2.78 bits per heavy atom. The Morgan fingerprint density at radius 1 is 1.22 bits per heavy atom. The Morgan fingerprint density at radius 2 is 2.04 bits per heavy atom. The molecule has 0 aliphatic carbocycles. The van der Waals surface area contributed by atoms with E-state index in [0.717, 1.165) is 12.0 Å². The second-order valence-corrected chi connectivity index (χ2v) is 6.82. The lowest BCUT2D eigenvalue weighted by Crippen LogP contribution is -2.14. The second-order valence-electron chi connectivity index (χ2n) is 5.84. The highest BCUT2D eigenvalue weighted by molar-refractivity contribution is 7.99. The summed E-state index contributed by atoms with van der Waals surface area (Å²) in [7, 11) is 1.59. The van der Waals surface area contributed by atoms with Gasteiger partial charge in [-0.3, -0.25) is 4.79 Å². The zero-order chi connectivity index (χ0) is 19.1. The van der Waals surface area contributed by atoms with Gasteiger partial charge in [0.05, 0.1) is 18.6 Å². The summed E-state index contributed by atoms with van der Waals surface area (Å²) in [6.07, 6.45) is 0.992. The van der Waals surface area contributed by atoms with Gasteiger partial charge < -0.3 is 14.6 Å². The van der Waals surface area contributed by atoms with Gasteiger partial charge in [-0.15, -0.1) is 11.8 Å². The van der Waals surface area contributed by atoms with Crippen molar-refractivity contribution in [2.75, 3.05) is 18.2 Å². The van der Waals surface area contributed by atoms with Crippen molar-refractivity contribution in [3.05, 3.63) is 60.0 Å². The van der Waals surface area contributed by atoms with Crippen LogP contribution in [0.1, 0.15) is 18.4 Å². The number of carbonyl (C=O) groups excluding carboxylic acids is 1. The van der Waals surface area contributed by atoms with Crippen LogP contribution < -0.4 is 10.1 Å². The molecule has 1 amide bonds. The van der Waals surface area contributed by atoms with Crippen LogP contribution in [0, 0.1) is 0 Å². The van der Waals surface area contributed by atoms with E-state index in [1.165, 1.54) is 17.3 Å². The van der Waals surface area contributed by atoms with Crippen molar-refractivity contribution >= 4 is 23.4 Å². The number of aryl methyl sites for hydroxylation is 1. The summed E-state index contributed by atoms with van der Waals surface area (Å²) in [5, 5.41) is 6.85. The molecule has 0 aliphatic heterocycles. The number of anilines is 1. The maximum atomic E-state index is 12.0. The molecule has 0 unspecified atom stereocenters. The molecule has 140 valence electrons. The average molecular weight is 383 g/mol. The molecular weight excluding hydrogens is 362 g/mol. The van der Waals surface area contributed by atoms with Crippen LogP contribution in [0.15, 0.2) is 53.1 Å².